The minimum atomic E-state index is 0.0160. The van der Waals surface area contributed by atoms with Crippen LogP contribution < -0.4 is 11.1 Å². The molecule has 0 bridgehead atoms. The van der Waals surface area contributed by atoms with Gasteiger partial charge in [0.1, 0.15) is 0 Å². The molecule has 3 atom stereocenters. The first-order valence-electron chi connectivity index (χ1n) is 6.38. The standard InChI is InChI=1S/C12H25N3O/c1-3-11(12(13)15-16)14-8-10-6-4-5-9(2)7-10/h9-11,14,16H,3-8H2,1-2H3,(H2,13,15). The van der Waals surface area contributed by atoms with E-state index in [1.54, 1.807) is 0 Å². The Bertz CT molecular complexity index is 230. The number of rotatable bonds is 5. The Morgan fingerprint density at radius 3 is 2.88 bits per heavy atom. The van der Waals surface area contributed by atoms with Crippen LogP contribution in [0.5, 0.6) is 0 Å². The van der Waals surface area contributed by atoms with Crippen LogP contribution in [0.4, 0.5) is 0 Å². The highest BCUT2D eigenvalue weighted by atomic mass is 16.4. The van der Waals surface area contributed by atoms with Gasteiger partial charge in [-0.05, 0) is 37.6 Å². The smallest absolute Gasteiger partial charge is 0.156 e. The van der Waals surface area contributed by atoms with E-state index in [1.165, 1.54) is 25.7 Å². The predicted octanol–water partition coefficient (Wildman–Crippen LogP) is 1.93. The van der Waals surface area contributed by atoms with Crippen LogP contribution in [-0.2, 0) is 0 Å². The molecule has 0 aromatic heterocycles. The van der Waals surface area contributed by atoms with Crippen LogP contribution in [0.1, 0.15) is 46.0 Å². The number of hydrogen-bond donors (Lipinski definition) is 3. The van der Waals surface area contributed by atoms with Crippen molar-refractivity contribution in [3.8, 4) is 0 Å². The van der Waals surface area contributed by atoms with Gasteiger partial charge in [-0.15, -0.1) is 0 Å². The minimum absolute atomic E-state index is 0.0160. The highest BCUT2D eigenvalue weighted by molar-refractivity contribution is 5.85. The molecular formula is C12H25N3O. The topological polar surface area (TPSA) is 70.6 Å². The Morgan fingerprint density at radius 1 is 1.56 bits per heavy atom. The van der Waals surface area contributed by atoms with Crippen molar-refractivity contribution in [1.29, 1.82) is 0 Å². The third kappa shape index (κ3) is 4.00. The molecule has 0 amide bonds. The first-order chi connectivity index (χ1) is 7.67. The van der Waals surface area contributed by atoms with Crippen molar-refractivity contribution in [3.63, 3.8) is 0 Å². The molecule has 1 fully saturated rings. The molecule has 0 aliphatic heterocycles. The molecule has 3 unspecified atom stereocenters. The average molecular weight is 227 g/mol. The molecule has 1 rings (SSSR count). The minimum Gasteiger partial charge on any atom is -0.409 e. The highest BCUT2D eigenvalue weighted by Crippen LogP contribution is 2.27. The van der Waals surface area contributed by atoms with Crippen LogP contribution in [0.2, 0.25) is 0 Å². The molecule has 1 aliphatic rings. The summed E-state index contributed by atoms with van der Waals surface area (Å²) in [7, 11) is 0. The third-order valence-corrected chi connectivity index (χ3v) is 3.58. The lowest BCUT2D eigenvalue weighted by atomic mass is 9.82. The molecule has 4 nitrogen and oxygen atoms in total. The van der Waals surface area contributed by atoms with E-state index in [0.717, 1.165) is 24.8 Å². The molecule has 0 aromatic rings. The first kappa shape index (κ1) is 13.3. The second kappa shape index (κ2) is 6.74. The maximum atomic E-state index is 8.64. The van der Waals surface area contributed by atoms with E-state index < -0.39 is 0 Å². The van der Waals surface area contributed by atoms with E-state index >= 15 is 0 Å². The zero-order chi connectivity index (χ0) is 12.0. The van der Waals surface area contributed by atoms with Crippen LogP contribution in [0, 0.1) is 11.8 Å². The Morgan fingerprint density at radius 2 is 2.31 bits per heavy atom. The fourth-order valence-corrected chi connectivity index (χ4v) is 2.58. The summed E-state index contributed by atoms with van der Waals surface area (Å²) in [6.07, 6.45) is 6.18. The summed E-state index contributed by atoms with van der Waals surface area (Å²) in [6.45, 7) is 5.35. The van der Waals surface area contributed by atoms with Crippen LogP contribution in [0.3, 0.4) is 0 Å². The fourth-order valence-electron chi connectivity index (χ4n) is 2.58. The summed E-state index contributed by atoms with van der Waals surface area (Å²) >= 11 is 0. The second-order valence-corrected chi connectivity index (χ2v) is 5.03. The van der Waals surface area contributed by atoms with Gasteiger partial charge in [-0.3, -0.25) is 0 Å². The van der Waals surface area contributed by atoms with Crippen LogP contribution in [0.15, 0.2) is 5.16 Å². The molecule has 94 valence electrons. The number of nitrogens with one attached hydrogen (secondary N) is 1. The van der Waals surface area contributed by atoms with Crippen LogP contribution in [0.25, 0.3) is 0 Å². The van der Waals surface area contributed by atoms with Crippen molar-refractivity contribution in [2.24, 2.45) is 22.7 Å². The van der Waals surface area contributed by atoms with Crippen molar-refractivity contribution < 1.29 is 5.21 Å². The van der Waals surface area contributed by atoms with Gasteiger partial charge in [0, 0.05) is 0 Å². The number of nitrogens with two attached hydrogens (primary N) is 1. The van der Waals surface area contributed by atoms with Crippen molar-refractivity contribution >= 4 is 5.84 Å². The van der Waals surface area contributed by atoms with Crippen LogP contribution in [-0.4, -0.2) is 23.6 Å². The fraction of sp³-hybridized carbons (Fsp3) is 0.917. The Labute approximate surface area is 98.3 Å². The molecule has 0 radical (unpaired) electrons. The Balaban J connectivity index is 2.31. The van der Waals surface area contributed by atoms with Gasteiger partial charge in [0.25, 0.3) is 0 Å². The molecule has 4 N–H and O–H groups in total. The third-order valence-electron chi connectivity index (χ3n) is 3.58. The monoisotopic (exact) mass is 227 g/mol. The van der Waals surface area contributed by atoms with E-state index in [9.17, 15) is 0 Å². The van der Waals surface area contributed by atoms with Gasteiger partial charge in [0.15, 0.2) is 5.84 Å². The molecule has 1 saturated carbocycles. The zero-order valence-corrected chi connectivity index (χ0v) is 10.4. The molecule has 0 spiro atoms. The van der Waals surface area contributed by atoms with Gasteiger partial charge >= 0.3 is 0 Å². The molecule has 1 aliphatic carbocycles. The highest BCUT2D eigenvalue weighted by Gasteiger charge is 2.20. The SMILES string of the molecule is CCC(NCC1CCCC(C)C1)C(N)=NO. The number of hydrogen-bond acceptors (Lipinski definition) is 3. The van der Waals surface area contributed by atoms with Crippen molar-refractivity contribution in [1.82, 2.24) is 5.32 Å². The van der Waals surface area contributed by atoms with Crippen molar-refractivity contribution in [3.05, 3.63) is 0 Å². The summed E-state index contributed by atoms with van der Waals surface area (Å²) in [5.41, 5.74) is 5.61. The van der Waals surface area contributed by atoms with Gasteiger partial charge in [-0.25, -0.2) is 0 Å². The summed E-state index contributed by atoms with van der Waals surface area (Å²) in [6, 6.07) is 0.0160. The first-order valence-corrected chi connectivity index (χ1v) is 6.38. The van der Waals surface area contributed by atoms with Crippen molar-refractivity contribution in [2.45, 2.75) is 52.0 Å². The lowest BCUT2D eigenvalue weighted by Gasteiger charge is -2.28. The van der Waals surface area contributed by atoms with Gasteiger partial charge in [0.05, 0.1) is 6.04 Å². The summed E-state index contributed by atoms with van der Waals surface area (Å²) in [5, 5.41) is 15.1. The van der Waals surface area contributed by atoms with Crippen molar-refractivity contribution in [2.75, 3.05) is 6.54 Å². The zero-order valence-electron chi connectivity index (χ0n) is 10.4. The summed E-state index contributed by atoms with van der Waals surface area (Å²) < 4.78 is 0. The summed E-state index contributed by atoms with van der Waals surface area (Å²) in [5.74, 6) is 1.90. The molecule has 0 aromatic carbocycles. The van der Waals surface area contributed by atoms with Gasteiger partial charge in [-0.2, -0.15) is 0 Å². The quantitative estimate of drug-likeness (QED) is 0.291. The molecule has 4 heteroatoms. The predicted molar refractivity (Wildman–Crippen MR) is 66.6 cm³/mol. The maximum absolute atomic E-state index is 8.64. The number of nitrogens with zero attached hydrogens (tertiary/aromatic N) is 1. The maximum Gasteiger partial charge on any atom is 0.156 e. The molecule has 16 heavy (non-hydrogen) atoms. The lowest BCUT2D eigenvalue weighted by Crippen LogP contribution is -2.43. The lowest BCUT2D eigenvalue weighted by molar-refractivity contribution is 0.269. The van der Waals surface area contributed by atoms with Gasteiger partial charge < -0.3 is 16.3 Å². The van der Waals surface area contributed by atoms with E-state index in [0.29, 0.717) is 5.84 Å². The number of oxime groups is 1. The largest absolute Gasteiger partial charge is 0.409 e. The van der Waals surface area contributed by atoms with E-state index in [-0.39, 0.29) is 6.04 Å². The molecule has 0 heterocycles. The van der Waals surface area contributed by atoms with E-state index in [1.807, 2.05) is 6.92 Å². The van der Waals surface area contributed by atoms with Gasteiger partial charge in [0.2, 0.25) is 0 Å². The van der Waals surface area contributed by atoms with E-state index in [2.05, 4.69) is 17.4 Å². The molecular weight excluding hydrogens is 202 g/mol. The Hall–Kier alpha value is -0.770. The average Bonchev–Trinajstić information content (AvgIpc) is 2.29. The summed E-state index contributed by atoms with van der Waals surface area (Å²) in [4.78, 5) is 0. The second-order valence-electron chi connectivity index (χ2n) is 5.03. The number of amidine groups is 1. The van der Waals surface area contributed by atoms with Crippen LogP contribution >= 0.6 is 0 Å². The Kier molecular flexibility index (Phi) is 5.60. The van der Waals surface area contributed by atoms with E-state index in [4.69, 9.17) is 10.9 Å². The normalized spacial score (nSPS) is 29.0. The molecule has 0 saturated heterocycles. The van der Waals surface area contributed by atoms with Gasteiger partial charge in [-0.1, -0.05) is 31.8 Å².